The molecule has 0 saturated carbocycles. The van der Waals surface area contributed by atoms with E-state index >= 15 is 0 Å². The van der Waals surface area contributed by atoms with Crippen LogP contribution in [0.25, 0.3) is 0 Å². The molecule has 0 spiro atoms. The highest BCUT2D eigenvalue weighted by Gasteiger charge is 2.23. The van der Waals surface area contributed by atoms with Gasteiger partial charge < -0.3 is 15.4 Å². The summed E-state index contributed by atoms with van der Waals surface area (Å²) < 4.78 is 5.89. The molecule has 0 amide bonds. The summed E-state index contributed by atoms with van der Waals surface area (Å²) >= 11 is 4.98. The van der Waals surface area contributed by atoms with Crippen molar-refractivity contribution in [2.24, 2.45) is 5.73 Å². The Morgan fingerprint density at radius 1 is 1.43 bits per heavy atom. The molecule has 1 aliphatic heterocycles. The fourth-order valence-corrected chi connectivity index (χ4v) is 2.75. The Morgan fingerprint density at radius 2 is 2.10 bits per heavy atom. The van der Waals surface area contributed by atoms with Crippen molar-refractivity contribution in [2.75, 3.05) is 38.2 Å². The van der Waals surface area contributed by atoms with Crippen LogP contribution >= 0.6 is 12.2 Å². The van der Waals surface area contributed by atoms with Gasteiger partial charge in [-0.25, -0.2) is 0 Å². The monoisotopic (exact) mass is 307 g/mol. The molecule has 1 heterocycles. The number of nitrogens with zero attached hydrogens (tertiary/aromatic N) is 2. The fraction of sp³-hybridized carbons (Fsp3) is 0.562. The second-order valence-corrected chi connectivity index (χ2v) is 6.31. The molecule has 0 radical (unpaired) electrons. The molecule has 0 bridgehead atoms. The average Bonchev–Trinajstić information content (AvgIpc) is 2.47. The highest BCUT2D eigenvalue weighted by atomic mass is 32.1. The minimum atomic E-state index is 0.251. The van der Waals surface area contributed by atoms with Crippen LogP contribution < -0.4 is 10.6 Å². The zero-order valence-corrected chi connectivity index (χ0v) is 13.9. The molecule has 0 aromatic heterocycles. The average molecular weight is 307 g/mol. The third-order valence-corrected chi connectivity index (χ3v) is 4.21. The van der Waals surface area contributed by atoms with Crippen LogP contribution in [-0.2, 0) is 4.74 Å². The van der Waals surface area contributed by atoms with Gasteiger partial charge in [-0.15, -0.1) is 0 Å². The number of morpholine rings is 1. The lowest BCUT2D eigenvalue weighted by molar-refractivity contribution is -0.0338. The second kappa shape index (κ2) is 7.20. The molecule has 1 aromatic carbocycles. The molecular formula is C16H25N3OS. The van der Waals surface area contributed by atoms with Gasteiger partial charge in [-0.2, -0.15) is 0 Å². The van der Waals surface area contributed by atoms with Crippen LogP contribution in [0.5, 0.6) is 0 Å². The van der Waals surface area contributed by atoms with Crippen LogP contribution in [-0.4, -0.2) is 55.3 Å². The molecule has 21 heavy (non-hydrogen) atoms. The van der Waals surface area contributed by atoms with Crippen molar-refractivity contribution in [1.82, 2.24) is 4.90 Å². The van der Waals surface area contributed by atoms with E-state index < -0.39 is 0 Å². The topological polar surface area (TPSA) is 41.7 Å². The molecule has 0 aliphatic carbocycles. The van der Waals surface area contributed by atoms with Crippen LogP contribution in [0.3, 0.4) is 0 Å². The molecule has 1 aliphatic rings. The quantitative estimate of drug-likeness (QED) is 0.841. The number of hydrogen-bond donors (Lipinski definition) is 1. The van der Waals surface area contributed by atoms with E-state index in [4.69, 9.17) is 22.7 Å². The molecule has 1 atom stereocenters. The van der Waals surface area contributed by atoms with E-state index in [1.165, 1.54) is 0 Å². The Morgan fingerprint density at radius 3 is 2.67 bits per heavy atom. The Labute approximate surface area is 132 Å². The minimum absolute atomic E-state index is 0.251. The number of hydrogen-bond acceptors (Lipinski definition) is 4. The maximum atomic E-state index is 5.89. The molecule has 116 valence electrons. The summed E-state index contributed by atoms with van der Waals surface area (Å²) in [6.45, 7) is 8.20. The molecule has 1 fully saturated rings. The van der Waals surface area contributed by atoms with Crippen molar-refractivity contribution in [3.05, 3.63) is 29.8 Å². The summed E-state index contributed by atoms with van der Waals surface area (Å²) in [4.78, 5) is 5.13. The zero-order chi connectivity index (χ0) is 15.4. The number of benzene rings is 1. The number of anilines is 1. The van der Waals surface area contributed by atoms with Crippen molar-refractivity contribution in [1.29, 1.82) is 0 Å². The van der Waals surface area contributed by atoms with Crippen molar-refractivity contribution < 1.29 is 4.74 Å². The van der Waals surface area contributed by atoms with Crippen LogP contribution in [0, 0.1) is 0 Å². The molecule has 1 saturated heterocycles. The third kappa shape index (κ3) is 4.40. The van der Waals surface area contributed by atoms with E-state index in [-0.39, 0.29) is 6.10 Å². The van der Waals surface area contributed by atoms with Crippen molar-refractivity contribution in [2.45, 2.75) is 26.0 Å². The number of ether oxygens (including phenoxy) is 1. The van der Waals surface area contributed by atoms with Crippen molar-refractivity contribution >= 4 is 22.9 Å². The number of thiocarbonyl (C=S) groups is 1. The summed E-state index contributed by atoms with van der Waals surface area (Å²) in [7, 11) is 2.09. The predicted octanol–water partition coefficient (Wildman–Crippen LogP) is 1.87. The van der Waals surface area contributed by atoms with Crippen LogP contribution in [0.15, 0.2) is 24.3 Å². The van der Waals surface area contributed by atoms with Gasteiger partial charge in [0.15, 0.2) is 0 Å². The Balaban J connectivity index is 1.94. The highest BCUT2D eigenvalue weighted by molar-refractivity contribution is 7.80. The van der Waals surface area contributed by atoms with E-state index in [0.29, 0.717) is 11.0 Å². The maximum absolute atomic E-state index is 5.89. The number of likely N-dealkylation sites (N-methyl/N-ethyl adjacent to an activating group) is 1. The zero-order valence-electron chi connectivity index (χ0n) is 13.1. The molecule has 5 heteroatoms. The first-order chi connectivity index (χ1) is 9.97. The van der Waals surface area contributed by atoms with Gasteiger partial charge >= 0.3 is 0 Å². The standard InChI is InChI=1S/C16H25N3OS/c1-12(2)19-8-9-20-15(11-19)10-18(3)14-6-4-13(5-7-14)16(17)21/h4-7,12,15H,8-11H2,1-3H3,(H2,17,21). The van der Waals surface area contributed by atoms with E-state index in [0.717, 1.165) is 37.5 Å². The summed E-state index contributed by atoms with van der Waals surface area (Å²) in [6, 6.07) is 8.62. The lowest BCUT2D eigenvalue weighted by Gasteiger charge is -2.37. The van der Waals surface area contributed by atoms with E-state index in [1.54, 1.807) is 0 Å². The number of rotatable bonds is 5. The second-order valence-electron chi connectivity index (χ2n) is 5.87. The van der Waals surface area contributed by atoms with Gasteiger partial charge in [-0.05, 0) is 38.1 Å². The summed E-state index contributed by atoms with van der Waals surface area (Å²) in [5, 5.41) is 0. The predicted molar refractivity (Wildman–Crippen MR) is 92.0 cm³/mol. The first-order valence-corrected chi connectivity index (χ1v) is 7.85. The van der Waals surface area contributed by atoms with Crippen molar-refractivity contribution in [3.63, 3.8) is 0 Å². The van der Waals surface area contributed by atoms with Gasteiger partial charge in [0.05, 0.1) is 12.7 Å². The van der Waals surface area contributed by atoms with E-state index in [2.05, 4.69) is 42.8 Å². The van der Waals surface area contributed by atoms with E-state index in [9.17, 15) is 0 Å². The molecule has 4 nitrogen and oxygen atoms in total. The maximum Gasteiger partial charge on any atom is 0.103 e. The molecule has 1 aromatic rings. The third-order valence-electron chi connectivity index (χ3n) is 3.97. The lowest BCUT2D eigenvalue weighted by atomic mass is 10.1. The SMILES string of the molecule is CC(C)N1CCOC(CN(C)c2ccc(C(N)=S)cc2)C1. The Hall–Kier alpha value is -1.17. The fourth-order valence-electron chi connectivity index (χ4n) is 2.61. The Kier molecular flexibility index (Phi) is 5.56. The summed E-state index contributed by atoms with van der Waals surface area (Å²) in [6.07, 6.45) is 0.251. The highest BCUT2D eigenvalue weighted by Crippen LogP contribution is 2.16. The van der Waals surface area contributed by atoms with Gasteiger partial charge in [0, 0.05) is 44.0 Å². The largest absolute Gasteiger partial charge is 0.389 e. The summed E-state index contributed by atoms with van der Waals surface area (Å²) in [5.74, 6) is 0. The first kappa shape index (κ1) is 16.2. The lowest BCUT2D eigenvalue weighted by Crippen LogP contribution is -2.49. The van der Waals surface area contributed by atoms with Crippen molar-refractivity contribution in [3.8, 4) is 0 Å². The summed E-state index contributed by atoms with van der Waals surface area (Å²) in [5.41, 5.74) is 7.68. The van der Waals surface area contributed by atoms with Crippen LogP contribution in [0.2, 0.25) is 0 Å². The smallest absolute Gasteiger partial charge is 0.103 e. The molecule has 2 N–H and O–H groups in total. The van der Waals surface area contributed by atoms with E-state index in [1.807, 2.05) is 12.1 Å². The Bertz CT molecular complexity index is 475. The van der Waals surface area contributed by atoms with Crippen LogP contribution in [0.4, 0.5) is 5.69 Å². The van der Waals surface area contributed by atoms with Gasteiger partial charge in [-0.3, -0.25) is 4.90 Å². The van der Waals surface area contributed by atoms with Gasteiger partial charge in [0.25, 0.3) is 0 Å². The van der Waals surface area contributed by atoms with Gasteiger partial charge in [0.1, 0.15) is 4.99 Å². The normalized spacial score (nSPS) is 19.7. The first-order valence-electron chi connectivity index (χ1n) is 7.44. The molecular weight excluding hydrogens is 282 g/mol. The van der Waals surface area contributed by atoms with Crippen LogP contribution in [0.1, 0.15) is 19.4 Å². The molecule has 1 unspecified atom stereocenters. The minimum Gasteiger partial charge on any atom is -0.389 e. The van der Waals surface area contributed by atoms with Gasteiger partial charge in [-0.1, -0.05) is 12.2 Å². The van der Waals surface area contributed by atoms with Gasteiger partial charge in [0.2, 0.25) is 0 Å². The number of nitrogens with two attached hydrogens (primary N) is 1. The molecule has 2 rings (SSSR count).